The summed E-state index contributed by atoms with van der Waals surface area (Å²) in [6.07, 6.45) is 1.01. The fraction of sp³-hybridized carbons (Fsp3) is 0.500. The van der Waals surface area contributed by atoms with Gasteiger partial charge in [-0.25, -0.2) is 0 Å². The van der Waals surface area contributed by atoms with Crippen LogP contribution in [0.1, 0.15) is 31.7 Å². The lowest BCUT2D eigenvalue weighted by Gasteiger charge is -2.08. The second kappa shape index (κ2) is 5.92. The van der Waals surface area contributed by atoms with E-state index < -0.39 is 0 Å². The SMILES string of the molecule is CC(C)c1ccc(NCCCCl)cc1. The number of hydrogen-bond donors (Lipinski definition) is 1. The smallest absolute Gasteiger partial charge is 0.0340 e. The Balaban J connectivity index is 2.47. The molecule has 0 saturated heterocycles. The molecule has 0 aliphatic rings. The van der Waals surface area contributed by atoms with Gasteiger partial charge in [0.2, 0.25) is 0 Å². The van der Waals surface area contributed by atoms with Crippen LogP contribution in [0.4, 0.5) is 5.69 Å². The van der Waals surface area contributed by atoms with Gasteiger partial charge in [0.05, 0.1) is 0 Å². The van der Waals surface area contributed by atoms with Gasteiger partial charge in [-0.2, -0.15) is 0 Å². The van der Waals surface area contributed by atoms with E-state index in [1.807, 2.05) is 0 Å². The number of benzene rings is 1. The van der Waals surface area contributed by atoms with Crippen molar-refractivity contribution in [1.29, 1.82) is 0 Å². The lowest BCUT2D eigenvalue weighted by molar-refractivity contribution is 0.866. The van der Waals surface area contributed by atoms with Crippen LogP contribution in [0, 0.1) is 0 Å². The zero-order valence-corrected chi connectivity index (χ0v) is 9.64. The lowest BCUT2D eigenvalue weighted by Crippen LogP contribution is -2.01. The molecule has 0 aliphatic carbocycles. The molecule has 0 aromatic heterocycles. The van der Waals surface area contributed by atoms with Crippen molar-refractivity contribution < 1.29 is 0 Å². The highest BCUT2D eigenvalue weighted by Crippen LogP contribution is 2.16. The Morgan fingerprint density at radius 3 is 2.36 bits per heavy atom. The molecular formula is C12H18ClN. The first kappa shape index (κ1) is 11.4. The molecule has 0 spiro atoms. The van der Waals surface area contributed by atoms with Gasteiger partial charge in [0, 0.05) is 18.1 Å². The second-order valence-electron chi connectivity index (χ2n) is 3.75. The molecule has 0 aliphatic heterocycles. The van der Waals surface area contributed by atoms with Crippen molar-refractivity contribution >= 4 is 17.3 Å². The molecule has 0 unspecified atom stereocenters. The maximum atomic E-state index is 5.59. The minimum atomic E-state index is 0.604. The first-order chi connectivity index (χ1) is 6.74. The summed E-state index contributed by atoms with van der Waals surface area (Å²) in [7, 11) is 0. The topological polar surface area (TPSA) is 12.0 Å². The highest BCUT2D eigenvalue weighted by molar-refractivity contribution is 6.17. The Labute approximate surface area is 91.5 Å². The summed E-state index contributed by atoms with van der Waals surface area (Å²) in [4.78, 5) is 0. The molecule has 0 radical (unpaired) electrons. The molecule has 2 heteroatoms. The van der Waals surface area contributed by atoms with Gasteiger partial charge in [0.15, 0.2) is 0 Å². The minimum absolute atomic E-state index is 0.604. The van der Waals surface area contributed by atoms with Gasteiger partial charge in [-0.3, -0.25) is 0 Å². The fourth-order valence-corrected chi connectivity index (χ4v) is 1.42. The van der Waals surface area contributed by atoms with E-state index in [1.54, 1.807) is 0 Å². The quantitative estimate of drug-likeness (QED) is 0.576. The molecule has 0 atom stereocenters. The predicted molar refractivity (Wildman–Crippen MR) is 64.4 cm³/mol. The van der Waals surface area contributed by atoms with E-state index in [-0.39, 0.29) is 0 Å². The molecule has 1 nitrogen and oxygen atoms in total. The molecule has 0 bridgehead atoms. The Kier molecular flexibility index (Phi) is 4.81. The summed E-state index contributed by atoms with van der Waals surface area (Å²) in [5, 5.41) is 3.33. The number of anilines is 1. The number of nitrogens with one attached hydrogen (secondary N) is 1. The first-order valence-corrected chi connectivity index (χ1v) is 5.67. The van der Waals surface area contributed by atoms with Crippen LogP contribution in [-0.2, 0) is 0 Å². The van der Waals surface area contributed by atoms with Crippen molar-refractivity contribution in [3.63, 3.8) is 0 Å². The van der Waals surface area contributed by atoms with Crippen molar-refractivity contribution in [3.8, 4) is 0 Å². The zero-order valence-electron chi connectivity index (χ0n) is 8.89. The molecule has 0 amide bonds. The maximum Gasteiger partial charge on any atom is 0.0340 e. The average Bonchev–Trinajstić information content (AvgIpc) is 2.19. The number of alkyl halides is 1. The van der Waals surface area contributed by atoms with Gasteiger partial charge in [-0.15, -0.1) is 11.6 Å². The molecule has 78 valence electrons. The largest absolute Gasteiger partial charge is 0.385 e. The summed E-state index contributed by atoms with van der Waals surface area (Å²) in [5.41, 5.74) is 2.56. The van der Waals surface area contributed by atoms with E-state index in [2.05, 4.69) is 43.4 Å². The highest BCUT2D eigenvalue weighted by Gasteiger charge is 1.97. The lowest BCUT2D eigenvalue weighted by atomic mass is 10.0. The number of hydrogen-bond acceptors (Lipinski definition) is 1. The van der Waals surface area contributed by atoms with E-state index in [0.717, 1.165) is 18.8 Å². The van der Waals surface area contributed by atoms with Crippen molar-refractivity contribution in [2.45, 2.75) is 26.2 Å². The molecule has 0 saturated carbocycles. The van der Waals surface area contributed by atoms with Crippen molar-refractivity contribution in [2.24, 2.45) is 0 Å². The Hall–Kier alpha value is -0.690. The van der Waals surface area contributed by atoms with Crippen LogP contribution in [0.25, 0.3) is 0 Å². The molecule has 1 aromatic rings. The van der Waals surface area contributed by atoms with Crippen LogP contribution in [0.2, 0.25) is 0 Å². The summed E-state index contributed by atoms with van der Waals surface area (Å²) in [5.74, 6) is 1.32. The summed E-state index contributed by atoms with van der Waals surface area (Å²) < 4.78 is 0. The van der Waals surface area contributed by atoms with E-state index in [1.165, 1.54) is 11.3 Å². The minimum Gasteiger partial charge on any atom is -0.385 e. The summed E-state index contributed by atoms with van der Waals surface area (Å²) in [6, 6.07) is 8.61. The molecule has 1 rings (SSSR count). The van der Waals surface area contributed by atoms with E-state index in [0.29, 0.717) is 5.92 Å². The predicted octanol–water partition coefficient (Wildman–Crippen LogP) is 3.85. The highest BCUT2D eigenvalue weighted by atomic mass is 35.5. The Morgan fingerprint density at radius 2 is 1.86 bits per heavy atom. The fourth-order valence-electron chi connectivity index (χ4n) is 1.29. The van der Waals surface area contributed by atoms with Gasteiger partial charge < -0.3 is 5.32 Å². The van der Waals surface area contributed by atoms with Gasteiger partial charge >= 0.3 is 0 Å². The van der Waals surface area contributed by atoms with Crippen LogP contribution in [0.15, 0.2) is 24.3 Å². The van der Waals surface area contributed by atoms with Crippen LogP contribution in [0.3, 0.4) is 0 Å². The number of halogens is 1. The van der Waals surface area contributed by atoms with Crippen LogP contribution in [0.5, 0.6) is 0 Å². The van der Waals surface area contributed by atoms with Crippen LogP contribution < -0.4 is 5.32 Å². The molecule has 1 N–H and O–H groups in total. The molecule has 0 heterocycles. The van der Waals surface area contributed by atoms with Crippen molar-refractivity contribution in [2.75, 3.05) is 17.7 Å². The van der Waals surface area contributed by atoms with Crippen LogP contribution >= 0.6 is 11.6 Å². The summed E-state index contributed by atoms with van der Waals surface area (Å²) >= 11 is 5.59. The second-order valence-corrected chi connectivity index (χ2v) is 4.12. The molecular weight excluding hydrogens is 194 g/mol. The van der Waals surface area contributed by atoms with Crippen molar-refractivity contribution in [3.05, 3.63) is 29.8 Å². The maximum absolute atomic E-state index is 5.59. The summed E-state index contributed by atoms with van der Waals surface area (Å²) in [6.45, 7) is 5.36. The van der Waals surface area contributed by atoms with E-state index >= 15 is 0 Å². The standard InChI is InChI=1S/C12H18ClN/c1-10(2)11-4-6-12(7-5-11)14-9-3-8-13/h4-7,10,14H,3,8-9H2,1-2H3. The molecule has 1 aromatic carbocycles. The Bertz CT molecular complexity index is 254. The number of rotatable bonds is 5. The van der Waals surface area contributed by atoms with E-state index in [9.17, 15) is 0 Å². The van der Waals surface area contributed by atoms with Gasteiger partial charge in [0.25, 0.3) is 0 Å². The van der Waals surface area contributed by atoms with Crippen molar-refractivity contribution in [1.82, 2.24) is 0 Å². The van der Waals surface area contributed by atoms with Gasteiger partial charge in [-0.1, -0.05) is 26.0 Å². The third kappa shape index (κ3) is 3.59. The van der Waals surface area contributed by atoms with Gasteiger partial charge in [0.1, 0.15) is 0 Å². The molecule has 14 heavy (non-hydrogen) atoms. The van der Waals surface area contributed by atoms with Gasteiger partial charge in [-0.05, 0) is 30.0 Å². The van der Waals surface area contributed by atoms with Crippen LogP contribution in [-0.4, -0.2) is 12.4 Å². The third-order valence-corrected chi connectivity index (χ3v) is 2.48. The average molecular weight is 212 g/mol. The zero-order chi connectivity index (χ0) is 10.4. The normalized spacial score (nSPS) is 10.6. The Morgan fingerprint density at radius 1 is 1.21 bits per heavy atom. The van der Waals surface area contributed by atoms with E-state index in [4.69, 9.17) is 11.6 Å². The monoisotopic (exact) mass is 211 g/mol. The molecule has 0 fully saturated rings. The third-order valence-electron chi connectivity index (χ3n) is 2.22. The first-order valence-electron chi connectivity index (χ1n) is 5.14.